The van der Waals surface area contributed by atoms with Gasteiger partial charge in [0.25, 0.3) is 0 Å². The SMILES string of the molecule is NC(=O)c1cc(Br)cc(-c2ccc(N)cc2)c1. The average molecular weight is 291 g/mol. The molecule has 0 aromatic heterocycles. The summed E-state index contributed by atoms with van der Waals surface area (Å²) in [5.74, 6) is -0.442. The van der Waals surface area contributed by atoms with Crippen LogP contribution < -0.4 is 11.5 Å². The molecule has 4 N–H and O–H groups in total. The summed E-state index contributed by atoms with van der Waals surface area (Å²) in [6.07, 6.45) is 0. The number of rotatable bonds is 2. The van der Waals surface area contributed by atoms with Crippen molar-refractivity contribution < 1.29 is 4.79 Å². The average Bonchev–Trinajstić information content (AvgIpc) is 2.29. The van der Waals surface area contributed by atoms with Gasteiger partial charge in [-0.05, 0) is 41.5 Å². The predicted octanol–water partition coefficient (Wildman–Crippen LogP) is 2.80. The second-order valence-corrected chi connectivity index (χ2v) is 4.63. The van der Waals surface area contributed by atoms with Gasteiger partial charge in [0.05, 0.1) is 0 Å². The predicted molar refractivity (Wildman–Crippen MR) is 72.5 cm³/mol. The van der Waals surface area contributed by atoms with Gasteiger partial charge in [-0.15, -0.1) is 0 Å². The van der Waals surface area contributed by atoms with Crippen molar-refractivity contribution in [3.05, 3.63) is 52.5 Å². The summed E-state index contributed by atoms with van der Waals surface area (Å²) < 4.78 is 0.820. The van der Waals surface area contributed by atoms with E-state index in [2.05, 4.69) is 15.9 Å². The lowest BCUT2D eigenvalue weighted by Crippen LogP contribution is -2.10. The number of carbonyl (C=O) groups is 1. The Labute approximate surface area is 108 Å². The Bertz CT molecular complexity index is 564. The van der Waals surface area contributed by atoms with Gasteiger partial charge in [-0.25, -0.2) is 0 Å². The Morgan fingerprint density at radius 1 is 1.00 bits per heavy atom. The Balaban J connectivity index is 2.51. The monoisotopic (exact) mass is 290 g/mol. The molecule has 3 nitrogen and oxygen atoms in total. The van der Waals surface area contributed by atoms with E-state index in [-0.39, 0.29) is 0 Å². The molecular formula is C13H11BrN2O. The van der Waals surface area contributed by atoms with Gasteiger partial charge < -0.3 is 11.5 Å². The summed E-state index contributed by atoms with van der Waals surface area (Å²) in [6.45, 7) is 0. The lowest BCUT2D eigenvalue weighted by molar-refractivity contribution is 0.100. The summed E-state index contributed by atoms with van der Waals surface area (Å²) in [6, 6.07) is 12.8. The lowest BCUT2D eigenvalue weighted by Gasteiger charge is -2.05. The fraction of sp³-hybridized carbons (Fsp3) is 0. The fourth-order valence-corrected chi connectivity index (χ4v) is 2.07. The van der Waals surface area contributed by atoms with Crippen LogP contribution in [0.5, 0.6) is 0 Å². The molecule has 0 spiro atoms. The van der Waals surface area contributed by atoms with Crippen molar-refractivity contribution in [1.29, 1.82) is 0 Å². The number of benzene rings is 2. The maximum Gasteiger partial charge on any atom is 0.248 e. The Hall–Kier alpha value is -1.81. The second-order valence-electron chi connectivity index (χ2n) is 3.71. The molecule has 2 aromatic carbocycles. The highest BCUT2D eigenvalue weighted by atomic mass is 79.9. The van der Waals surface area contributed by atoms with Gasteiger partial charge in [0, 0.05) is 15.7 Å². The first-order valence-electron chi connectivity index (χ1n) is 5.02. The van der Waals surface area contributed by atoms with Crippen LogP contribution in [-0.4, -0.2) is 5.91 Å². The zero-order chi connectivity index (χ0) is 12.4. The molecule has 4 heteroatoms. The molecule has 0 aliphatic rings. The van der Waals surface area contributed by atoms with Crippen molar-refractivity contribution in [3.63, 3.8) is 0 Å². The quantitative estimate of drug-likeness (QED) is 0.835. The van der Waals surface area contributed by atoms with Gasteiger partial charge in [0.15, 0.2) is 0 Å². The van der Waals surface area contributed by atoms with Gasteiger partial charge in [-0.1, -0.05) is 28.1 Å². The number of hydrogen-bond acceptors (Lipinski definition) is 2. The highest BCUT2D eigenvalue weighted by Crippen LogP contribution is 2.25. The molecule has 0 saturated heterocycles. The van der Waals surface area contributed by atoms with E-state index in [0.717, 1.165) is 15.6 Å². The Morgan fingerprint density at radius 2 is 1.65 bits per heavy atom. The topological polar surface area (TPSA) is 69.1 Å². The summed E-state index contributed by atoms with van der Waals surface area (Å²) >= 11 is 3.36. The number of amides is 1. The van der Waals surface area contributed by atoms with Gasteiger partial charge in [0.1, 0.15) is 0 Å². The Kier molecular flexibility index (Phi) is 3.15. The summed E-state index contributed by atoms with van der Waals surface area (Å²) in [5.41, 5.74) is 14.0. The fourth-order valence-electron chi connectivity index (χ4n) is 1.57. The van der Waals surface area contributed by atoms with Crippen LogP contribution in [0.2, 0.25) is 0 Å². The minimum absolute atomic E-state index is 0.442. The number of nitrogen functional groups attached to an aromatic ring is 1. The van der Waals surface area contributed by atoms with Gasteiger partial charge >= 0.3 is 0 Å². The van der Waals surface area contributed by atoms with Gasteiger partial charge in [0.2, 0.25) is 5.91 Å². The molecule has 0 aliphatic heterocycles. The molecule has 2 rings (SSSR count). The molecule has 17 heavy (non-hydrogen) atoms. The molecule has 0 saturated carbocycles. The van der Waals surface area contributed by atoms with E-state index in [1.165, 1.54) is 0 Å². The van der Waals surface area contributed by atoms with Gasteiger partial charge in [-0.3, -0.25) is 4.79 Å². The van der Waals surface area contributed by atoms with Crippen molar-refractivity contribution in [2.24, 2.45) is 5.73 Å². The minimum Gasteiger partial charge on any atom is -0.399 e. The number of hydrogen-bond donors (Lipinski definition) is 2. The van der Waals surface area contributed by atoms with E-state index < -0.39 is 5.91 Å². The molecule has 0 aliphatic carbocycles. The first-order valence-corrected chi connectivity index (χ1v) is 5.82. The van der Waals surface area contributed by atoms with E-state index in [4.69, 9.17) is 11.5 Å². The van der Waals surface area contributed by atoms with Crippen molar-refractivity contribution >= 4 is 27.5 Å². The normalized spacial score (nSPS) is 10.2. The number of halogens is 1. The lowest BCUT2D eigenvalue weighted by atomic mass is 10.0. The van der Waals surface area contributed by atoms with Crippen molar-refractivity contribution in [2.75, 3.05) is 5.73 Å². The third kappa shape index (κ3) is 2.65. The van der Waals surface area contributed by atoms with Crippen molar-refractivity contribution in [2.45, 2.75) is 0 Å². The van der Waals surface area contributed by atoms with Crippen LogP contribution in [0.4, 0.5) is 5.69 Å². The van der Waals surface area contributed by atoms with Crippen LogP contribution in [-0.2, 0) is 0 Å². The summed E-state index contributed by atoms with van der Waals surface area (Å²) in [5, 5.41) is 0. The number of carbonyl (C=O) groups excluding carboxylic acids is 1. The van der Waals surface area contributed by atoms with Crippen LogP contribution >= 0.6 is 15.9 Å². The summed E-state index contributed by atoms with van der Waals surface area (Å²) in [7, 11) is 0. The van der Waals surface area contributed by atoms with E-state index in [0.29, 0.717) is 11.3 Å². The number of anilines is 1. The van der Waals surface area contributed by atoms with E-state index >= 15 is 0 Å². The third-order valence-corrected chi connectivity index (χ3v) is 2.88. The van der Waals surface area contributed by atoms with Crippen LogP contribution in [0.15, 0.2) is 46.9 Å². The van der Waals surface area contributed by atoms with E-state index in [1.54, 1.807) is 12.1 Å². The number of nitrogens with two attached hydrogens (primary N) is 2. The zero-order valence-corrected chi connectivity index (χ0v) is 10.6. The van der Waals surface area contributed by atoms with Crippen LogP contribution in [0.25, 0.3) is 11.1 Å². The molecule has 0 heterocycles. The van der Waals surface area contributed by atoms with Crippen LogP contribution in [0, 0.1) is 0 Å². The molecule has 1 amide bonds. The van der Waals surface area contributed by atoms with Crippen LogP contribution in [0.1, 0.15) is 10.4 Å². The van der Waals surface area contributed by atoms with Crippen molar-refractivity contribution in [3.8, 4) is 11.1 Å². The maximum absolute atomic E-state index is 11.2. The van der Waals surface area contributed by atoms with Crippen LogP contribution in [0.3, 0.4) is 0 Å². The molecule has 0 bridgehead atoms. The Morgan fingerprint density at radius 3 is 2.24 bits per heavy atom. The third-order valence-electron chi connectivity index (χ3n) is 2.43. The largest absolute Gasteiger partial charge is 0.399 e. The first kappa shape index (κ1) is 11.7. The standard InChI is InChI=1S/C13H11BrN2O/c14-11-6-9(5-10(7-11)13(16)17)8-1-3-12(15)4-2-8/h1-7H,15H2,(H2,16,17). The van der Waals surface area contributed by atoms with Crippen molar-refractivity contribution in [1.82, 2.24) is 0 Å². The number of primary amides is 1. The zero-order valence-electron chi connectivity index (χ0n) is 8.98. The van der Waals surface area contributed by atoms with E-state index in [9.17, 15) is 4.79 Å². The molecule has 0 fully saturated rings. The molecule has 86 valence electrons. The smallest absolute Gasteiger partial charge is 0.248 e. The highest BCUT2D eigenvalue weighted by Gasteiger charge is 2.05. The maximum atomic E-state index is 11.2. The highest BCUT2D eigenvalue weighted by molar-refractivity contribution is 9.10. The molecule has 2 aromatic rings. The van der Waals surface area contributed by atoms with E-state index in [1.807, 2.05) is 30.3 Å². The molecular weight excluding hydrogens is 280 g/mol. The minimum atomic E-state index is -0.442. The first-order chi connectivity index (χ1) is 8.06. The molecule has 0 unspecified atom stereocenters. The molecule has 0 radical (unpaired) electrons. The summed E-state index contributed by atoms with van der Waals surface area (Å²) in [4.78, 5) is 11.2. The van der Waals surface area contributed by atoms with Gasteiger partial charge in [-0.2, -0.15) is 0 Å². The second kappa shape index (κ2) is 4.59. The molecule has 0 atom stereocenters.